The van der Waals surface area contributed by atoms with Crippen LogP contribution >= 0.6 is 27.3 Å². The van der Waals surface area contributed by atoms with E-state index in [0.29, 0.717) is 48.8 Å². The van der Waals surface area contributed by atoms with Crippen LogP contribution in [-0.4, -0.2) is 37.3 Å². The molecular weight excluding hydrogens is 636 g/mol. The smallest absolute Gasteiger partial charge is 0.343 e. The van der Waals surface area contributed by atoms with Gasteiger partial charge in [0.1, 0.15) is 5.75 Å². The van der Waals surface area contributed by atoms with E-state index >= 15 is 0 Å². The SMILES string of the molecule is CCOC(=O)C1=C(C)N=c2s/c(=C\c3ccc(OC(=O)c4cccc(Br)c4)c(OC)c3)c(=O)n2[C@@H]1c1ccc(OC)cc1. The second-order valence-corrected chi connectivity index (χ2v) is 11.3. The monoisotopic (exact) mass is 662 g/mol. The molecule has 1 aliphatic heterocycles. The van der Waals surface area contributed by atoms with E-state index in [1.807, 2.05) is 18.2 Å². The summed E-state index contributed by atoms with van der Waals surface area (Å²) in [6.07, 6.45) is 1.71. The third kappa shape index (κ3) is 6.18. The second-order valence-electron chi connectivity index (χ2n) is 9.39. The summed E-state index contributed by atoms with van der Waals surface area (Å²) in [6.45, 7) is 3.65. The number of aromatic nitrogens is 1. The normalized spacial score (nSPS) is 14.5. The molecule has 1 atom stereocenters. The van der Waals surface area contributed by atoms with Crippen LogP contribution in [-0.2, 0) is 9.53 Å². The van der Waals surface area contributed by atoms with E-state index in [9.17, 15) is 14.4 Å². The minimum atomic E-state index is -0.738. The largest absolute Gasteiger partial charge is 0.497 e. The number of carbonyl (C=O) groups excluding carboxylic acids is 2. The third-order valence-electron chi connectivity index (χ3n) is 6.70. The summed E-state index contributed by atoms with van der Waals surface area (Å²) >= 11 is 4.56. The highest BCUT2D eigenvalue weighted by Crippen LogP contribution is 2.32. The molecule has 1 aliphatic rings. The van der Waals surface area contributed by atoms with Gasteiger partial charge in [-0.1, -0.05) is 51.5 Å². The molecule has 0 spiro atoms. The van der Waals surface area contributed by atoms with Crippen molar-refractivity contribution in [1.82, 2.24) is 4.57 Å². The van der Waals surface area contributed by atoms with Gasteiger partial charge in [0.2, 0.25) is 0 Å². The average Bonchev–Trinajstić information content (AvgIpc) is 3.30. The maximum absolute atomic E-state index is 13.9. The lowest BCUT2D eigenvalue weighted by Crippen LogP contribution is -2.39. The van der Waals surface area contributed by atoms with E-state index in [-0.39, 0.29) is 17.9 Å². The number of esters is 2. The minimum absolute atomic E-state index is 0.186. The number of fused-ring (bicyclic) bond motifs is 1. The van der Waals surface area contributed by atoms with Gasteiger partial charge in [-0.15, -0.1) is 0 Å². The Bertz CT molecular complexity index is 1930. The average molecular weight is 664 g/mol. The molecule has 4 aromatic rings. The van der Waals surface area contributed by atoms with Gasteiger partial charge in [0.15, 0.2) is 16.3 Å². The molecule has 0 saturated heterocycles. The van der Waals surface area contributed by atoms with Crippen LogP contribution in [0.3, 0.4) is 0 Å². The molecule has 0 amide bonds. The van der Waals surface area contributed by atoms with Crippen LogP contribution in [0.2, 0.25) is 0 Å². The number of thiazole rings is 1. The van der Waals surface area contributed by atoms with Crippen molar-refractivity contribution < 1.29 is 28.5 Å². The van der Waals surface area contributed by atoms with Crippen LogP contribution < -0.4 is 29.1 Å². The number of rotatable bonds is 8. The lowest BCUT2D eigenvalue weighted by molar-refractivity contribution is -0.139. The van der Waals surface area contributed by atoms with Gasteiger partial charge < -0.3 is 18.9 Å². The summed E-state index contributed by atoms with van der Waals surface area (Å²) in [4.78, 5) is 44.7. The summed E-state index contributed by atoms with van der Waals surface area (Å²) < 4.78 is 24.4. The van der Waals surface area contributed by atoms with Gasteiger partial charge >= 0.3 is 11.9 Å². The number of carbonyl (C=O) groups is 2. The van der Waals surface area contributed by atoms with E-state index < -0.39 is 18.0 Å². The van der Waals surface area contributed by atoms with E-state index in [1.54, 1.807) is 75.6 Å². The van der Waals surface area contributed by atoms with E-state index in [1.165, 1.54) is 23.0 Å². The first kappa shape index (κ1) is 30.0. The summed E-state index contributed by atoms with van der Waals surface area (Å²) in [5.41, 5.74) is 2.19. The maximum Gasteiger partial charge on any atom is 0.343 e. The number of hydrogen-bond acceptors (Lipinski definition) is 9. The Balaban J connectivity index is 1.55. The fraction of sp³-hybridized carbons (Fsp3) is 0.188. The van der Waals surface area contributed by atoms with E-state index in [0.717, 1.165) is 4.47 Å². The zero-order chi connectivity index (χ0) is 30.7. The fourth-order valence-electron chi connectivity index (χ4n) is 4.68. The molecule has 5 rings (SSSR count). The Kier molecular flexibility index (Phi) is 8.93. The van der Waals surface area contributed by atoms with Gasteiger partial charge in [-0.25, -0.2) is 14.6 Å². The number of benzene rings is 3. The minimum Gasteiger partial charge on any atom is -0.497 e. The number of ether oxygens (including phenoxy) is 4. The first-order chi connectivity index (χ1) is 20.7. The van der Waals surface area contributed by atoms with Gasteiger partial charge in [0.25, 0.3) is 5.56 Å². The van der Waals surface area contributed by atoms with Crippen molar-refractivity contribution in [2.24, 2.45) is 4.99 Å². The number of allylic oxidation sites excluding steroid dienone is 1. The molecular formula is C32H27BrN2O7S. The third-order valence-corrected chi connectivity index (χ3v) is 8.17. The standard InChI is InChI=1S/C32H27BrN2O7S/c1-5-41-31(38)27-18(2)34-32-35(28(27)20-10-12-23(39-3)13-11-20)29(36)26(43-32)16-19-9-14-24(25(15-19)40-4)42-30(37)21-7-6-8-22(33)17-21/h6-17,28H,5H2,1-4H3/b26-16-/t28-/m1/s1. The first-order valence-electron chi connectivity index (χ1n) is 13.2. The molecule has 43 heavy (non-hydrogen) atoms. The number of methoxy groups -OCH3 is 2. The molecule has 0 radical (unpaired) electrons. The zero-order valence-corrected chi connectivity index (χ0v) is 26.2. The molecule has 3 aromatic carbocycles. The quantitative estimate of drug-likeness (QED) is 0.197. The van der Waals surface area contributed by atoms with Crippen molar-refractivity contribution in [2.45, 2.75) is 19.9 Å². The Morgan fingerprint density at radius 1 is 1.00 bits per heavy atom. The molecule has 2 heterocycles. The Labute approximate surface area is 259 Å². The van der Waals surface area contributed by atoms with Gasteiger partial charge in [0.05, 0.1) is 48.2 Å². The summed E-state index contributed by atoms with van der Waals surface area (Å²) in [5.74, 6) is 0.138. The van der Waals surface area contributed by atoms with Crippen LogP contribution in [0.5, 0.6) is 17.2 Å². The summed E-state index contributed by atoms with van der Waals surface area (Å²) in [5, 5.41) is 0. The van der Waals surface area contributed by atoms with Crippen molar-refractivity contribution in [1.29, 1.82) is 0 Å². The summed E-state index contributed by atoms with van der Waals surface area (Å²) in [6, 6.07) is 18.3. The van der Waals surface area contributed by atoms with Gasteiger partial charge in [-0.2, -0.15) is 0 Å². The molecule has 0 aliphatic carbocycles. The van der Waals surface area contributed by atoms with Crippen molar-refractivity contribution in [3.8, 4) is 17.2 Å². The highest BCUT2D eigenvalue weighted by atomic mass is 79.9. The fourth-order valence-corrected chi connectivity index (χ4v) is 6.12. The number of halogens is 1. The molecule has 0 N–H and O–H groups in total. The van der Waals surface area contributed by atoms with Gasteiger partial charge in [0, 0.05) is 4.47 Å². The van der Waals surface area contributed by atoms with Crippen molar-refractivity contribution in [2.75, 3.05) is 20.8 Å². The Morgan fingerprint density at radius 3 is 2.44 bits per heavy atom. The molecule has 220 valence electrons. The van der Waals surface area contributed by atoms with E-state index in [2.05, 4.69) is 20.9 Å². The zero-order valence-electron chi connectivity index (χ0n) is 23.8. The number of nitrogens with zero attached hydrogens (tertiary/aromatic N) is 2. The van der Waals surface area contributed by atoms with Gasteiger partial charge in [-0.05, 0) is 73.5 Å². The van der Waals surface area contributed by atoms with Crippen molar-refractivity contribution in [3.63, 3.8) is 0 Å². The van der Waals surface area contributed by atoms with E-state index in [4.69, 9.17) is 18.9 Å². The lowest BCUT2D eigenvalue weighted by Gasteiger charge is -2.24. The highest BCUT2D eigenvalue weighted by Gasteiger charge is 2.33. The van der Waals surface area contributed by atoms with Crippen LogP contribution in [0.25, 0.3) is 6.08 Å². The van der Waals surface area contributed by atoms with Crippen LogP contribution in [0, 0.1) is 0 Å². The number of hydrogen-bond donors (Lipinski definition) is 0. The molecule has 11 heteroatoms. The van der Waals surface area contributed by atoms with Crippen LogP contribution in [0.1, 0.15) is 41.4 Å². The molecule has 0 bridgehead atoms. The van der Waals surface area contributed by atoms with Crippen molar-refractivity contribution in [3.05, 3.63) is 119 Å². The summed E-state index contributed by atoms with van der Waals surface area (Å²) in [7, 11) is 3.04. The van der Waals surface area contributed by atoms with Crippen LogP contribution in [0.4, 0.5) is 0 Å². The Hall–Kier alpha value is -4.48. The first-order valence-corrected chi connectivity index (χ1v) is 14.8. The lowest BCUT2D eigenvalue weighted by atomic mass is 9.96. The second kappa shape index (κ2) is 12.8. The Morgan fingerprint density at radius 2 is 1.77 bits per heavy atom. The molecule has 0 unspecified atom stereocenters. The maximum atomic E-state index is 13.9. The molecule has 9 nitrogen and oxygen atoms in total. The van der Waals surface area contributed by atoms with Crippen molar-refractivity contribution >= 4 is 45.3 Å². The van der Waals surface area contributed by atoms with Gasteiger partial charge in [-0.3, -0.25) is 9.36 Å². The predicted molar refractivity (Wildman–Crippen MR) is 165 cm³/mol. The molecule has 0 saturated carbocycles. The highest BCUT2D eigenvalue weighted by molar-refractivity contribution is 9.10. The topological polar surface area (TPSA) is 105 Å². The predicted octanol–water partition coefficient (Wildman–Crippen LogP) is 4.80. The molecule has 0 fully saturated rings. The molecule has 1 aromatic heterocycles. The van der Waals surface area contributed by atoms with Crippen LogP contribution in [0.15, 0.2) is 92.3 Å².